The Labute approximate surface area is 120 Å². The molecule has 2 aromatic carbocycles. The van der Waals surface area contributed by atoms with Crippen LogP contribution < -0.4 is 5.63 Å². The minimum atomic E-state index is -0.695. The molecule has 0 aliphatic heterocycles. The number of ketones is 1. The Morgan fingerprint density at radius 3 is 2.52 bits per heavy atom. The fraction of sp³-hybridized carbons (Fsp3) is 0.0588. The maximum Gasteiger partial charge on any atom is 0.347 e. The quantitative estimate of drug-likeness (QED) is 0.578. The number of hydrogen-bond donors (Lipinski definition) is 1. The van der Waals surface area contributed by atoms with Crippen molar-refractivity contribution < 1.29 is 14.3 Å². The van der Waals surface area contributed by atoms with Crippen molar-refractivity contribution in [2.24, 2.45) is 0 Å². The Kier molecular flexibility index (Phi) is 3.06. The third kappa shape index (κ3) is 2.21. The number of carbonyl (C=O) groups is 1. The highest BCUT2D eigenvalue weighted by molar-refractivity contribution is 6.11. The Balaban J connectivity index is 2.27. The summed E-state index contributed by atoms with van der Waals surface area (Å²) in [5, 5.41) is 10.1. The molecule has 0 fully saturated rings. The first-order valence-corrected chi connectivity index (χ1v) is 6.44. The summed E-state index contributed by atoms with van der Waals surface area (Å²) in [6.07, 6.45) is 0. The first-order chi connectivity index (χ1) is 10.1. The van der Waals surface area contributed by atoms with Crippen LogP contribution in [0.1, 0.15) is 21.5 Å². The Bertz CT molecular complexity index is 892. The molecule has 4 heteroatoms. The van der Waals surface area contributed by atoms with Crippen LogP contribution in [0, 0.1) is 6.92 Å². The molecule has 0 spiro atoms. The number of fused-ring (bicyclic) bond motifs is 1. The maximum atomic E-state index is 12.5. The second-order valence-electron chi connectivity index (χ2n) is 4.77. The van der Waals surface area contributed by atoms with Crippen molar-refractivity contribution in [3.05, 3.63) is 75.6 Å². The molecule has 4 nitrogen and oxygen atoms in total. The van der Waals surface area contributed by atoms with Crippen LogP contribution in [-0.4, -0.2) is 10.9 Å². The van der Waals surface area contributed by atoms with E-state index in [-0.39, 0.29) is 22.7 Å². The molecule has 0 radical (unpaired) electrons. The van der Waals surface area contributed by atoms with Gasteiger partial charge in [0.15, 0.2) is 0 Å². The standard InChI is InChI=1S/C17H12O4/c1-10-13-8-7-12(18)9-14(13)21-17(20)15(10)16(19)11-5-3-2-4-6-11/h2-9,18H,1H3. The van der Waals surface area contributed by atoms with E-state index in [1.807, 2.05) is 0 Å². The lowest BCUT2D eigenvalue weighted by Gasteiger charge is -2.07. The van der Waals surface area contributed by atoms with Gasteiger partial charge >= 0.3 is 5.63 Å². The van der Waals surface area contributed by atoms with Gasteiger partial charge in [-0.1, -0.05) is 30.3 Å². The van der Waals surface area contributed by atoms with Gasteiger partial charge in [0.05, 0.1) is 0 Å². The second kappa shape index (κ2) is 4.90. The number of hydrogen-bond acceptors (Lipinski definition) is 4. The molecule has 1 aromatic heterocycles. The van der Waals surface area contributed by atoms with Gasteiger partial charge in [-0.25, -0.2) is 4.79 Å². The molecule has 0 atom stereocenters. The van der Waals surface area contributed by atoms with Gasteiger partial charge in [0, 0.05) is 17.0 Å². The summed E-state index contributed by atoms with van der Waals surface area (Å²) in [4.78, 5) is 24.6. The smallest absolute Gasteiger partial charge is 0.347 e. The van der Waals surface area contributed by atoms with E-state index in [0.29, 0.717) is 16.5 Å². The van der Waals surface area contributed by atoms with Crippen LogP contribution in [0.3, 0.4) is 0 Å². The highest BCUT2D eigenvalue weighted by atomic mass is 16.4. The fourth-order valence-electron chi connectivity index (χ4n) is 2.34. The number of aryl methyl sites for hydroxylation is 1. The minimum Gasteiger partial charge on any atom is -0.508 e. The van der Waals surface area contributed by atoms with E-state index in [0.717, 1.165) is 0 Å². The van der Waals surface area contributed by atoms with E-state index < -0.39 is 5.63 Å². The zero-order valence-corrected chi connectivity index (χ0v) is 11.3. The van der Waals surface area contributed by atoms with Crippen LogP contribution in [0.5, 0.6) is 5.75 Å². The molecular weight excluding hydrogens is 268 g/mol. The predicted octanol–water partition coefficient (Wildman–Crippen LogP) is 3.04. The number of aromatic hydroxyl groups is 1. The third-order valence-electron chi connectivity index (χ3n) is 3.41. The average Bonchev–Trinajstić information content (AvgIpc) is 2.47. The summed E-state index contributed by atoms with van der Waals surface area (Å²) in [6.45, 7) is 1.70. The second-order valence-corrected chi connectivity index (χ2v) is 4.77. The monoisotopic (exact) mass is 280 g/mol. The maximum absolute atomic E-state index is 12.5. The molecule has 0 bridgehead atoms. The Hall–Kier alpha value is -2.88. The third-order valence-corrected chi connectivity index (χ3v) is 3.41. The van der Waals surface area contributed by atoms with Crippen molar-refractivity contribution in [3.63, 3.8) is 0 Å². The van der Waals surface area contributed by atoms with Crippen LogP contribution in [0.15, 0.2) is 57.7 Å². The molecule has 3 rings (SSSR count). The Morgan fingerprint density at radius 2 is 1.81 bits per heavy atom. The van der Waals surface area contributed by atoms with Gasteiger partial charge in [0.1, 0.15) is 16.9 Å². The lowest BCUT2D eigenvalue weighted by molar-refractivity contribution is 0.103. The molecule has 3 aromatic rings. The predicted molar refractivity (Wildman–Crippen MR) is 78.8 cm³/mol. The van der Waals surface area contributed by atoms with Crippen LogP contribution in [0.2, 0.25) is 0 Å². The molecule has 0 aliphatic rings. The van der Waals surface area contributed by atoms with Crippen LogP contribution in [-0.2, 0) is 0 Å². The van der Waals surface area contributed by atoms with Crippen molar-refractivity contribution in [1.29, 1.82) is 0 Å². The topological polar surface area (TPSA) is 67.5 Å². The van der Waals surface area contributed by atoms with Crippen LogP contribution >= 0.6 is 0 Å². The van der Waals surface area contributed by atoms with Crippen LogP contribution in [0.4, 0.5) is 0 Å². The van der Waals surface area contributed by atoms with Gasteiger partial charge < -0.3 is 9.52 Å². The van der Waals surface area contributed by atoms with Gasteiger partial charge in [0.2, 0.25) is 5.78 Å². The number of benzene rings is 2. The highest BCUT2D eigenvalue weighted by Gasteiger charge is 2.19. The van der Waals surface area contributed by atoms with Gasteiger partial charge in [-0.15, -0.1) is 0 Å². The van der Waals surface area contributed by atoms with E-state index in [1.54, 1.807) is 43.3 Å². The highest BCUT2D eigenvalue weighted by Crippen LogP contribution is 2.24. The van der Waals surface area contributed by atoms with E-state index in [2.05, 4.69) is 0 Å². The first kappa shape index (κ1) is 13.1. The van der Waals surface area contributed by atoms with Crippen molar-refractivity contribution in [2.75, 3.05) is 0 Å². The largest absolute Gasteiger partial charge is 0.508 e. The summed E-state index contributed by atoms with van der Waals surface area (Å²) in [5.41, 5.74) is 0.585. The molecule has 1 heterocycles. The van der Waals surface area contributed by atoms with Crippen molar-refractivity contribution in [3.8, 4) is 5.75 Å². The molecule has 0 saturated heterocycles. The normalized spacial score (nSPS) is 10.7. The van der Waals surface area contributed by atoms with E-state index in [4.69, 9.17) is 4.42 Å². The summed E-state index contributed by atoms with van der Waals surface area (Å²) >= 11 is 0. The summed E-state index contributed by atoms with van der Waals surface area (Å²) in [6, 6.07) is 13.1. The number of phenolic OH excluding ortho intramolecular Hbond substituents is 1. The number of phenols is 1. The zero-order valence-electron chi connectivity index (χ0n) is 11.3. The molecule has 0 amide bonds. The van der Waals surface area contributed by atoms with E-state index >= 15 is 0 Å². The number of rotatable bonds is 2. The molecule has 0 aliphatic carbocycles. The molecule has 104 valence electrons. The van der Waals surface area contributed by atoms with Crippen molar-refractivity contribution >= 4 is 16.8 Å². The Morgan fingerprint density at radius 1 is 1.10 bits per heavy atom. The van der Waals surface area contributed by atoms with Gasteiger partial charge in [-0.3, -0.25) is 4.79 Å². The lowest BCUT2D eigenvalue weighted by atomic mass is 9.98. The van der Waals surface area contributed by atoms with Gasteiger partial charge in [-0.2, -0.15) is 0 Å². The fourth-order valence-corrected chi connectivity index (χ4v) is 2.34. The van der Waals surface area contributed by atoms with E-state index in [1.165, 1.54) is 12.1 Å². The van der Waals surface area contributed by atoms with Gasteiger partial charge in [-0.05, 0) is 24.6 Å². The molecule has 21 heavy (non-hydrogen) atoms. The van der Waals surface area contributed by atoms with E-state index in [9.17, 15) is 14.7 Å². The molecule has 1 N–H and O–H groups in total. The summed E-state index contributed by atoms with van der Waals surface area (Å²) in [5.74, 6) is -0.357. The molecule has 0 unspecified atom stereocenters. The van der Waals surface area contributed by atoms with Crippen molar-refractivity contribution in [2.45, 2.75) is 6.92 Å². The van der Waals surface area contributed by atoms with Gasteiger partial charge in [0.25, 0.3) is 0 Å². The van der Waals surface area contributed by atoms with Crippen LogP contribution in [0.25, 0.3) is 11.0 Å². The summed E-state index contributed by atoms with van der Waals surface area (Å²) < 4.78 is 5.16. The first-order valence-electron chi connectivity index (χ1n) is 6.44. The SMILES string of the molecule is Cc1c(C(=O)c2ccccc2)c(=O)oc2cc(O)ccc12. The number of carbonyl (C=O) groups excluding carboxylic acids is 1. The lowest BCUT2D eigenvalue weighted by Crippen LogP contribution is -2.17. The zero-order chi connectivity index (χ0) is 15.0. The average molecular weight is 280 g/mol. The molecular formula is C17H12O4. The van der Waals surface area contributed by atoms with Crippen molar-refractivity contribution in [1.82, 2.24) is 0 Å². The summed E-state index contributed by atoms with van der Waals surface area (Å²) in [7, 11) is 0. The minimum absolute atomic E-state index is 0.00665. The molecule has 0 saturated carbocycles.